The lowest BCUT2D eigenvalue weighted by molar-refractivity contribution is 0.423. The highest BCUT2D eigenvalue weighted by Gasteiger charge is 2.32. The van der Waals surface area contributed by atoms with Crippen LogP contribution in [0.25, 0.3) is 10.9 Å². The molecule has 1 aliphatic carbocycles. The van der Waals surface area contributed by atoms with Gasteiger partial charge in [-0.3, -0.25) is 9.48 Å². The molecule has 1 aliphatic rings. The Kier molecular flexibility index (Phi) is 5.13. The molecule has 1 fully saturated rings. The number of aromatic nitrogens is 3. The minimum absolute atomic E-state index is 0.0795. The monoisotopic (exact) mass is 439 g/mol. The van der Waals surface area contributed by atoms with Crippen molar-refractivity contribution in [3.05, 3.63) is 46.9 Å². The Morgan fingerprint density at radius 3 is 2.55 bits per heavy atom. The first-order valence-corrected chi connectivity index (χ1v) is 11.7. The van der Waals surface area contributed by atoms with Gasteiger partial charge in [0.25, 0.3) is 5.56 Å². The van der Waals surface area contributed by atoms with E-state index in [0.29, 0.717) is 22.4 Å². The van der Waals surface area contributed by atoms with Crippen molar-refractivity contribution in [1.29, 1.82) is 5.26 Å². The molecule has 2 heterocycles. The summed E-state index contributed by atoms with van der Waals surface area (Å²) in [6, 6.07) is 10.5. The first-order chi connectivity index (χ1) is 14.6. The quantitative estimate of drug-likeness (QED) is 0.636. The maximum atomic E-state index is 12.6. The van der Waals surface area contributed by atoms with Gasteiger partial charge >= 0.3 is 0 Å². The maximum absolute atomic E-state index is 12.6. The Morgan fingerprint density at radius 2 is 1.90 bits per heavy atom. The second-order valence-electron chi connectivity index (χ2n) is 8.86. The Balaban J connectivity index is 1.73. The van der Waals surface area contributed by atoms with Crippen LogP contribution in [0.5, 0.6) is 0 Å². The van der Waals surface area contributed by atoms with Gasteiger partial charge in [-0.15, -0.1) is 0 Å². The van der Waals surface area contributed by atoms with Gasteiger partial charge in [0, 0.05) is 11.9 Å². The molecule has 0 amide bonds. The summed E-state index contributed by atoms with van der Waals surface area (Å²) >= 11 is 0. The van der Waals surface area contributed by atoms with E-state index in [4.69, 9.17) is 0 Å². The second-order valence-corrected chi connectivity index (χ2v) is 11.6. The van der Waals surface area contributed by atoms with E-state index < -0.39 is 14.6 Å². The van der Waals surface area contributed by atoms with Gasteiger partial charge in [-0.2, -0.15) is 10.4 Å². The minimum atomic E-state index is -3.46. The van der Waals surface area contributed by atoms with E-state index in [9.17, 15) is 18.5 Å². The van der Waals surface area contributed by atoms with Gasteiger partial charge in [0.1, 0.15) is 5.39 Å². The van der Waals surface area contributed by atoms with Crippen LogP contribution in [0.4, 0.5) is 11.5 Å². The van der Waals surface area contributed by atoms with Crippen molar-refractivity contribution in [3.63, 3.8) is 0 Å². The van der Waals surface area contributed by atoms with Crippen LogP contribution in [-0.4, -0.2) is 27.9 Å². The van der Waals surface area contributed by atoms with Crippen LogP contribution in [0, 0.1) is 17.2 Å². The van der Waals surface area contributed by atoms with E-state index >= 15 is 0 Å². The van der Waals surface area contributed by atoms with Crippen LogP contribution in [0.3, 0.4) is 0 Å². The SMILES string of the molecule is CC(C)(C)S(=O)(=O)c1ccc(Nc2nn(C3CCCC3C#N)c3cc[nH]c(=O)c23)cc1. The average Bonchev–Trinajstić information content (AvgIpc) is 3.32. The highest BCUT2D eigenvalue weighted by atomic mass is 32.2. The van der Waals surface area contributed by atoms with Crippen LogP contribution in [0.2, 0.25) is 0 Å². The van der Waals surface area contributed by atoms with E-state index in [0.717, 1.165) is 19.3 Å². The number of sulfone groups is 1. The van der Waals surface area contributed by atoms with Gasteiger partial charge in [0.2, 0.25) is 0 Å². The number of nitrogens with zero attached hydrogens (tertiary/aromatic N) is 3. The zero-order valence-corrected chi connectivity index (χ0v) is 18.5. The van der Waals surface area contributed by atoms with Gasteiger partial charge in [0.15, 0.2) is 15.7 Å². The first kappa shape index (κ1) is 21.1. The number of fused-ring (bicyclic) bond motifs is 1. The Labute approximate surface area is 180 Å². The summed E-state index contributed by atoms with van der Waals surface area (Å²) in [5, 5.41) is 17.7. The number of anilines is 2. The molecule has 1 aromatic carbocycles. The van der Waals surface area contributed by atoms with E-state index in [1.54, 1.807) is 62.0 Å². The molecule has 0 spiro atoms. The molecule has 0 saturated heterocycles. The van der Waals surface area contributed by atoms with Gasteiger partial charge < -0.3 is 10.3 Å². The number of hydrogen-bond acceptors (Lipinski definition) is 6. The number of benzene rings is 1. The van der Waals surface area contributed by atoms with Crippen LogP contribution in [0.1, 0.15) is 46.1 Å². The normalized spacial score (nSPS) is 19.4. The van der Waals surface area contributed by atoms with Gasteiger partial charge in [-0.25, -0.2) is 8.42 Å². The van der Waals surface area contributed by atoms with Crippen molar-refractivity contribution in [2.24, 2.45) is 5.92 Å². The number of rotatable bonds is 4. The van der Waals surface area contributed by atoms with Gasteiger partial charge in [-0.1, -0.05) is 0 Å². The lowest BCUT2D eigenvalue weighted by atomic mass is 10.1. The fourth-order valence-electron chi connectivity index (χ4n) is 4.03. The number of nitrogens with one attached hydrogen (secondary N) is 2. The molecule has 2 atom stereocenters. The molecular weight excluding hydrogens is 414 g/mol. The number of H-pyrrole nitrogens is 1. The molecule has 1 saturated carbocycles. The third-order valence-corrected chi connectivity index (χ3v) is 8.33. The van der Waals surface area contributed by atoms with E-state index in [2.05, 4.69) is 21.5 Å². The number of nitriles is 1. The van der Waals surface area contributed by atoms with Crippen LogP contribution >= 0.6 is 0 Å². The standard InChI is InChI=1S/C22H25N5O3S/c1-22(2,3)31(29,30)16-9-7-15(8-10-16)25-20-19-18(11-12-24-21(19)28)27(26-20)17-6-4-5-14(17)13-23/h7-12,14,17H,4-6H2,1-3H3,(H,24,28)(H,25,26). The fourth-order valence-corrected chi connectivity index (χ4v) is 5.23. The number of hydrogen-bond donors (Lipinski definition) is 2. The summed E-state index contributed by atoms with van der Waals surface area (Å²) in [5.74, 6) is 0.240. The predicted molar refractivity (Wildman–Crippen MR) is 119 cm³/mol. The summed E-state index contributed by atoms with van der Waals surface area (Å²) in [5.41, 5.74) is 1.01. The lowest BCUT2D eigenvalue weighted by Gasteiger charge is -2.19. The molecule has 3 aromatic rings. The second kappa shape index (κ2) is 7.54. The van der Waals surface area contributed by atoms with Crippen LogP contribution in [0.15, 0.2) is 46.2 Å². The predicted octanol–water partition coefficient (Wildman–Crippen LogP) is 3.91. The summed E-state index contributed by atoms with van der Waals surface area (Å²) in [4.78, 5) is 15.5. The largest absolute Gasteiger partial charge is 0.338 e. The molecule has 8 nitrogen and oxygen atoms in total. The van der Waals surface area contributed by atoms with Gasteiger partial charge in [0.05, 0.1) is 33.2 Å². The lowest BCUT2D eigenvalue weighted by Crippen LogP contribution is -2.27. The summed E-state index contributed by atoms with van der Waals surface area (Å²) < 4.78 is 26.2. The van der Waals surface area contributed by atoms with Crippen molar-refractivity contribution in [2.75, 3.05) is 5.32 Å². The van der Waals surface area contributed by atoms with E-state index in [-0.39, 0.29) is 22.4 Å². The molecule has 162 valence electrons. The molecular formula is C22H25N5O3S. The average molecular weight is 440 g/mol. The minimum Gasteiger partial charge on any atom is -0.338 e. The number of pyridine rings is 1. The Hall–Kier alpha value is -3.12. The highest BCUT2D eigenvalue weighted by molar-refractivity contribution is 7.92. The molecule has 2 aromatic heterocycles. The first-order valence-electron chi connectivity index (χ1n) is 10.2. The van der Waals surface area contributed by atoms with Crippen molar-refractivity contribution < 1.29 is 8.42 Å². The molecule has 31 heavy (non-hydrogen) atoms. The Bertz CT molecular complexity index is 1320. The highest BCUT2D eigenvalue weighted by Crippen LogP contribution is 2.38. The summed E-state index contributed by atoms with van der Waals surface area (Å²) in [6.07, 6.45) is 4.17. The Morgan fingerprint density at radius 1 is 1.19 bits per heavy atom. The zero-order chi connectivity index (χ0) is 22.4. The van der Waals surface area contributed by atoms with Crippen molar-refractivity contribution in [3.8, 4) is 6.07 Å². The molecule has 0 aliphatic heterocycles. The summed E-state index contributed by atoms with van der Waals surface area (Å²) in [6.45, 7) is 4.99. The maximum Gasteiger partial charge on any atom is 0.261 e. The zero-order valence-electron chi connectivity index (χ0n) is 17.7. The number of aromatic amines is 1. The van der Waals surface area contributed by atoms with Gasteiger partial charge in [-0.05, 0) is 70.4 Å². The third-order valence-electron chi connectivity index (χ3n) is 5.82. The van der Waals surface area contributed by atoms with E-state index in [1.807, 2.05) is 0 Å². The van der Waals surface area contributed by atoms with Crippen molar-refractivity contribution in [1.82, 2.24) is 14.8 Å². The van der Waals surface area contributed by atoms with Crippen molar-refractivity contribution >= 4 is 32.2 Å². The molecule has 0 radical (unpaired) electrons. The third kappa shape index (κ3) is 3.61. The van der Waals surface area contributed by atoms with Crippen LogP contribution in [-0.2, 0) is 9.84 Å². The molecule has 2 N–H and O–H groups in total. The molecule has 2 unspecified atom stereocenters. The molecule has 0 bridgehead atoms. The van der Waals surface area contributed by atoms with Crippen molar-refractivity contribution in [2.45, 2.75) is 55.7 Å². The van der Waals surface area contributed by atoms with Crippen LogP contribution < -0.4 is 10.9 Å². The molecule has 4 rings (SSSR count). The summed E-state index contributed by atoms with van der Waals surface area (Å²) in [7, 11) is -3.46. The van der Waals surface area contributed by atoms with E-state index in [1.165, 1.54) is 0 Å². The fraction of sp³-hybridized carbons (Fsp3) is 0.409. The molecule has 9 heteroatoms. The topological polar surface area (TPSA) is 121 Å². The smallest absolute Gasteiger partial charge is 0.261 e.